The van der Waals surface area contributed by atoms with Gasteiger partial charge in [0.25, 0.3) is 0 Å². The molecule has 0 aromatic heterocycles. The zero-order chi connectivity index (χ0) is 13.1. The summed E-state index contributed by atoms with van der Waals surface area (Å²) in [5.41, 5.74) is -0.156. The lowest BCUT2D eigenvalue weighted by molar-refractivity contribution is -0.111. The van der Waals surface area contributed by atoms with Crippen molar-refractivity contribution in [3.63, 3.8) is 0 Å². The highest BCUT2D eigenvalue weighted by Crippen LogP contribution is 2.19. The minimum atomic E-state index is -3.43. The van der Waals surface area contributed by atoms with Gasteiger partial charge in [0.2, 0.25) is 5.91 Å². The second kappa shape index (κ2) is 5.09. The fourth-order valence-corrected chi connectivity index (χ4v) is 1.80. The quantitative estimate of drug-likeness (QED) is 0.662. The number of amides is 1. The van der Waals surface area contributed by atoms with Gasteiger partial charge in [0.05, 0.1) is 10.6 Å². The molecular formula is C11H12FNO3S. The lowest BCUT2D eigenvalue weighted by Gasteiger charge is -2.06. The van der Waals surface area contributed by atoms with E-state index in [4.69, 9.17) is 0 Å². The molecule has 0 unspecified atom stereocenters. The Hall–Kier alpha value is -1.69. The van der Waals surface area contributed by atoms with Crippen LogP contribution < -0.4 is 5.32 Å². The highest BCUT2D eigenvalue weighted by molar-refractivity contribution is 7.90. The summed E-state index contributed by atoms with van der Waals surface area (Å²) < 4.78 is 35.8. The average Bonchev–Trinajstić information content (AvgIpc) is 2.20. The van der Waals surface area contributed by atoms with Crippen molar-refractivity contribution in [3.05, 3.63) is 36.2 Å². The zero-order valence-electron chi connectivity index (χ0n) is 9.40. The first-order valence-electron chi connectivity index (χ1n) is 4.78. The molecule has 0 spiro atoms. The van der Waals surface area contributed by atoms with E-state index in [1.807, 2.05) is 0 Å². The van der Waals surface area contributed by atoms with Gasteiger partial charge in [-0.1, -0.05) is 6.08 Å². The van der Waals surface area contributed by atoms with Gasteiger partial charge < -0.3 is 5.32 Å². The monoisotopic (exact) mass is 257 g/mol. The number of hydrogen-bond donors (Lipinski definition) is 1. The highest BCUT2D eigenvalue weighted by Gasteiger charge is 2.11. The molecular weight excluding hydrogens is 245 g/mol. The number of sulfone groups is 1. The van der Waals surface area contributed by atoms with Crippen LogP contribution in [0.15, 0.2) is 35.2 Å². The zero-order valence-corrected chi connectivity index (χ0v) is 10.2. The Balaban J connectivity index is 3.12. The number of allylic oxidation sites excluding steroid dienone is 1. The van der Waals surface area contributed by atoms with Crippen LogP contribution in [0.2, 0.25) is 0 Å². The molecule has 0 saturated heterocycles. The minimum Gasteiger partial charge on any atom is -0.320 e. The second-order valence-electron chi connectivity index (χ2n) is 3.40. The number of anilines is 1. The molecule has 1 rings (SSSR count). The molecule has 92 valence electrons. The number of halogens is 1. The van der Waals surface area contributed by atoms with Crippen molar-refractivity contribution in [2.75, 3.05) is 11.6 Å². The number of nitrogens with one attached hydrogen (secondary N) is 1. The van der Waals surface area contributed by atoms with E-state index in [0.29, 0.717) is 0 Å². The molecule has 0 atom stereocenters. The molecule has 0 bridgehead atoms. The molecule has 17 heavy (non-hydrogen) atoms. The average molecular weight is 257 g/mol. The third-order valence-electron chi connectivity index (χ3n) is 1.94. The van der Waals surface area contributed by atoms with Crippen LogP contribution in [0.1, 0.15) is 6.92 Å². The van der Waals surface area contributed by atoms with Crippen molar-refractivity contribution < 1.29 is 17.6 Å². The lowest BCUT2D eigenvalue weighted by Crippen LogP contribution is -2.10. The van der Waals surface area contributed by atoms with Gasteiger partial charge in [0, 0.05) is 6.26 Å². The summed E-state index contributed by atoms with van der Waals surface area (Å²) in [6.45, 7) is 1.64. The van der Waals surface area contributed by atoms with Gasteiger partial charge in [-0.15, -0.1) is 0 Å². The van der Waals surface area contributed by atoms with Gasteiger partial charge in [0.1, 0.15) is 5.82 Å². The van der Waals surface area contributed by atoms with Gasteiger partial charge in [-0.25, -0.2) is 12.8 Å². The molecule has 1 aromatic rings. The van der Waals surface area contributed by atoms with E-state index < -0.39 is 21.6 Å². The third-order valence-corrected chi connectivity index (χ3v) is 3.05. The maximum absolute atomic E-state index is 13.3. The highest BCUT2D eigenvalue weighted by atomic mass is 32.2. The molecule has 0 heterocycles. The number of hydrogen-bond acceptors (Lipinski definition) is 3. The maximum atomic E-state index is 13.3. The first-order valence-corrected chi connectivity index (χ1v) is 6.67. The molecule has 1 N–H and O–H groups in total. The third kappa shape index (κ3) is 3.67. The van der Waals surface area contributed by atoms with Crippen LogP contribution in [0, 0.1) is 5.82 Å². The van der Waals surface area contributed by atoms with Gasteiger partial charge in [0.15, 0.2) is 9.84 Å². The van der Waals surface area contributed by atoms with E-state index in [1.165, 1.54) is 12.2 Å². The summed E-state index contributed by atoms with van der Waals surface area (Å²) >= 11 is 0. The molecule has 0 saturated carbocycles. The van der Waals surface area contributed by atoms with Gasteiger partial charge >= 0.3 is 0 Å². The van der Waals surface area contributed by atoms with Gasteiger partial charge in [-0.3, -0.25) is 4.79 Å². The number of benzene rings is 1. The normalized spacial score (nSPS) is 11.7. The summed E-state index contributed by atoms with van der Waals surface area (Å²) in [6.07, 6.45) is 3.72. The summed E-state index contributed by atoms with van der Waals surface area (Å²) in [4.78, 5) is 11.2. The Kier molecular flexibility index (Phi) is 4.01. The van der Waals surface area contributed by atoms with Crippen LogP contribution in [0.4, 0.5) is 10.1 Å². The molecule has 1 amide bonds. The van der Waals surface area contributed by atoms with Crippen LogP contribution >= 0.6 is 0 Å². The topological polar surface area (TPSA) is 63.2 Å². The van der Waals surface area contributed by atoms with E-state index in [2.05, 4.69) is 5.32 Å². The van der Waals surface area contributed by atoms with E-state index in [0.717, 1.165) is 24.5 Å². The minimum absolute atomic E-state index is 0.0466. The molecule has 6 heteroatoms. The largest absolute Gasteiger partial charge is 0.320 e. The van der Waals surface area contributed by atoms with Crippen molar-refractivity contribution in [1.29, 1.82) is 0 Å². The fourth-order valence-electron chi connectivity index (χ4n) is 1.16. The Morgan fingerprint density at radius 3 is 2.59 bits per heavy atom. The number of carbonyl (C=O) groups is 1. The molecule has 0 aliphatic carbocycles. The van der Waals surface area contributed by atoms with Crippen molar-refractivity contribution in [2.45, 2.75) is 11.8 Å². The van der Waals surface area contributed by atoms with Crippen LogP contribution in [0.3, 0.4) is 0 Å². The lowest BCUT2D eigenvalue weighted by atomic mass is 10.3. The summed E-state index contributed by atoms with van der Waals surface area (Å²) in [5.74, 6) is -1.20. The first-order chi connectivity index (χ1) is 7.84. The number of carbonyl (C=O) groups excluding carboxylic acids is 1. The molecule has 0 fully saturated rings. The SMILES string of the molecule is CC=CC(=O)Nc1cc(S(C)(=O)=O)ccc1F. The smallest absolute Gasteiger partial charge is 0.248 e. The van der Waals surface area contributed by atoms with E-state index in [-0.39, 0.29) is 10.6 Å². The number of rotatable bonds is 3. The van der Waals surface area contributed by atoms with Crippen molar-refractivity contribution in [1.82, 2.24) is 0 Å². The molecule has 4 nitrogen and oxygen atoms in total. The summed E-state index contributed by atoms with van der Waals surface area (Å²) in [5, 5.41) is 2.26. The Morgan fingerprint density at radius 2 is 2.06 bits per heavy atom. The second-order valence-corrected chi connectivity index (χ2v) is 5.42. The van der Waals surface area contributed by atoms with E-state index >= 15 is 0 Å². The first kappa shape index (κ1) is 13.4. The van der Waals surface area contributed by atoms with Crippen LogP contribution in [0.25, 0.3) is 0 Å². The van der Waals surface area contributed by atoms with E-state index in [9.17, 15) is 17.6 Å². The summed E-state index contributed by atoms with van der Waals surface area (Å²) in [7, 11) is -3.43. The Morgan fingerprint density at radius 1 is 1.41 bits per heavy atom. The van der Waals surface area contributed by atoms with Crippen molar-refractivity contribution >= 4 is 21.4 Å². The van der Waals surface area contributed by atoms with Crippen molar-refractivity contribution in [3.8, 4) is 0 Å². The Labute approximate surface area is 99.1 Å². The molecule has 0 aliphatic heterocycles. The standard InChI is InChI=1S/C11H12FNO3S/c1-3-4-11(14)13-10-7-8(17(2,15)16)5-6-9(10)12/h3-7H,1-2H3,(H,13,14). The van der Waals surface area contributed by atoms with E-state index in [1.54, 1.807) is 6.92 Å². The Bertz CT molecular complexity index is 564. The van der Waals surface area contributed by atoms with Crippen LogP contribution in [-0.2, 0) is 14.6 Å². The molecule has 1 aromatic carbocycles. The maximum Gasteiger partial charge on any atom is 0.248 e. The predicted molar refractivity (Wildman–Crippen MR) is 63.0 cm³/mol. The molecule has 0 aliphatic rings. The van der Waals surface area contributed by atoms with Crippen molar-refractivity contribution in [2.24, 2.45) is 0 Å². The summed E-state index contributed by atoms with van der Waals surface area (Å²) in [6, 6.07) is 3.24. The molecule has 0 radical (unpaired) electrons. The van der Waals surface area contributed by atoms with Gasteiger partial charge in [-0.2, -0.15) is 0 Å². The fraction of sp³-hybridized carbons (Fsp3) is 0.182. The van der Waals surface area contributed by atoms with Crippen LogP contribution in [-0.4, -0.2) is 20.6 Å². The predicted octanol–water partition coefficient (Wildman–Crippen LogP) is 1.74. The van der Waals surface area contributed by atoms with Gasteiger partial charge in [-0.05, 0) is 31.2 Å². The van der Waals surface area contributed by atoms with Crippen LogP contribution in [0.5, 0.6) is 0 Å².